The van der Waals surface area contributed by atoms with E-state index < -0.39 is 0 Å². The zero-order valence-corrected chi connectivity index (χ0v) is 11.8. The van der Waals surface area contributed by atoms with Gasteiger partial charge in [-0.1, -0.05) is 6.92 Å². The van der Waals surface area contributed by atoms with Crippen LogP contribution in [0.4, 0.5) is 0 Å². The molecule has 0 bridgehead atoms. The number of nitrogens with one attached hydrogen (secondary N) is 1. The van der Waals surface area contributed by atoms with Crippen LogP contribution in [0.25, 0.3) is 0 Å². The lowest BCUT2D eigenvalue weighted by Crippen LogP contribution is -2.43. The predicted molar refractivity (Wildman–Crippen MR) is 74.4 cm³/mol. The minimum Gasteiger partial charge on any atom is -0.368 e. The van der Waals surface area contributed by atoms with E-state index >= 15 is 0 Å². The van der Waals surface area contributed by atoms with Crippen LogP contribution in [0.3, 0.4) is 0 Å². The molecule has 106 valence electrons. The summed E-state index contributed by atoms with van der Waals surface area (Å²) in [5.74, 6) is -0.246. The van der Waals surface area contributed by atoms with Gasteiger partial charge in [0, 0.05) is 13.1 Å². The summed E-state index contributed by atoms with van der Waals surface area (Å²) in [6.45, 7) is 8.38. The number of likely N-dealkylation sites (tertiary alicyclic amines) is 1. The van der Waals surface area contributed by atoms with Crippen molar-refractivity contribution in [1.29, 1.82) is 0 Å². The lowest BCUT2D eigenvalue weighted by Gasteiger charge is -2.23. The van der Waals surface area contributed by atoms with Crippen molar-refractivity contribution >= 4 is 5.91 Å². The molecule has 1 aliphatic rings. The van der Waals surface area contributed by atoms with Gasteiger partial charge < -0.3 is 20.9 Å². The molecule has 0 aliphatic carbocycles. The quantitative estimate of drug-likeness (QED) is 0.603. The molecule has 1 atom stereocenters. The van der Waals surface area contributed by atoms with Crippen LogP contribution in [0.15, 0.2) is 0 Å². The summed E-state index contributed by atoms with van der Waals surface area (Å²) >= 11 is 0. The SMILES string of the molecule is CCNC(CCN(C)CCN1CCCC1)C(N)=O. The Balaban J connectivity index is 2.14. The number of amides is 1. The molecule has 0 saturated carbocycles. The summed E-state index contributed by atoms with van der Waals surface area (Å²) < 4.78 is 0. The fraction of sp³-hybridized carbons (Fsp3) is 0.923. The molecule has 0 spiro atoms. The average Bonchev–Trinajstić information content (AvgIpc) is 2.84. The topological polar surface area (TPSA) is 61.6 Å². The van der Waals surface area contributed by atoms with E-state index in [1.54, 1.807) is 0 Å². The fourth-order valence-electron chi connectivity index (χ4n) is 2.37. The van der Waals surface area contributed by atoms with Gasteiger partial charge in [0.15, 0.2) is 0 Å². The standard InChI is InChI=1S/C13H28N4O/c1-3-15-12(13(14)18)6-9-16(2)10-11-17-7-4-5-8-17/h12,15H,3-11H2,1-2H3,(H2,14,18). The molecule has 1 saturated heterocycles. The minimum atomic E-state index is -0.246. The van der Waals surface area contributed by atoms with Crippen LogP contribution in [0, 0.1) is 0 Å². The highest BCUT2D eigenvalue weighted by Gasteiger charge is 2.15. The van der Waals surface area contributed by atoms with E-state index in [0.717, 1.165) is 32.6 Å². The van der Waals surface area contributed by atoms with E-state index in [-0.39, 0.29) is 11.9 Å². The first-order valence-electron chi connectivity index (χ1n) is 7.07. The Bertz CT molecular complexity index is 241. The molecule has 18 heavy (non-hydrogen) atoms. The van der Waals surface area contributed by atoms with E-state index in [9.17, 15) is 4.79 Å². The summed E-state index contributed by atoms with van der Waals surface area (Å²) in [5.41, 5.74) is 5.35. The van der Waals surface area contributed by atoms with Crippen molar-refractivity contribution in [2.45, 2.75) is 32.2 Å². The van der Waals surface area contributed by atoms with E-state index in [1.165, 1.54) is 25.9 Å². The highest BCUT2D eigenvalue weighted by Crippen LogP contribution is 2.06. The second-order valence-electron chi connectivity index (χ2n) is 5.15. The smallest absolute Gasteiger partial charge is 0.234 e. The van der Waals surface area contributed by atoms with Gasteiger partial charge in [0.2, 0.25) is 5.91 Å². The van der Waals surface area contributed by atoms with Crippen LogP contribution in [-0.4, -0.2) is 68.1 Å². The van der Waals surface area contributed by atoms with Crippen LogP contribution >= 0.6 is 0 Å². The zero-order valence-electron chi connectivity index (χ0n) is 11.8. The van der Waals surface area contributed by atoms with Gasteiger partial charge in [-0.3, -0.25) is 4.79 Å². The summed E-state index contributed by atoms with van der Waals surface area (Å²) in [7, 11) is 2.11. The Kier molecular flexibility index (Phi) is 7.23. The minimum absolute atomic E-state index is 0.191. The van der Waals surface area contributed by atoms with Crippen molar-refractivity contribution in [2.24, 2.45) is 5.73 Å². The van der Waals surface area contributed by atoms with Gasteiger partial charge in [-0.25, -0.2) is 0 Å². The molecule has 1 amide bonds. The Morgan fingerprint density at radius 2 is 2.06 bits per heavy atom. The second kappa shape index (κ2) is 8.45. The van der Waals surface area contributed by atoms with Crippen molar-refractivity contribution in [1.82, 2.24) is 15.1 Å². The summed E-state index contributed by atoms with van der Waals surface area (Å²) in [6.07, 6.45) is 3.47. The normalized spacial score (nSPS) is 18.4. The van der Waals surface area contributed by atoms with Crippen LogP contribution in [0.2, 0.25) is 0 Å². The number of hydrogen-bond donors (Lipinski definition) is 2. The maximum Gasteiger partial charge on any atom is 0.234 e. The first-order valence-corrected chi connectivity index (χ1v) is 7.07. The molecule has 5 heteroatoms. The Labute approximate surface area is 111 Å². The van der Waals surface area contributed by atoms with Gasteiger partial charge in [-0.05, 0) is 52.5 Å². The summed E-state index contributed by atoms with van der Waals surface area (Å²) in [4.78, 5) is 16.0. The van der Waals surface area contributed by atoms with Crippen molar-refractivity contribution in [3.8, 4) is 0 Å². The number of likely N-dealkylation sites (N-methyl/N-ethyl adjacent to an activating group) is 2. The van der Waals surface area contributed by atoms with Crippen LogP contribution in [-0.2, 0) is 4.79 Å². The third-order valence-corrected chi connectivity index (χ3v) is 3.59. The van der Waals surface area contributed by atoms with Crippen LogP contribution in [0.5, 0.6) is 0 Å². The zero-order chi connectivity index (χ0) is 13.4. The predicted octanol–water partition coefficient (Wildman–Crippen LogP) is -0.132. The monoisotopic (exact) mass is 256 g/mol. The number of primary amides is 1. The maximum absolute atomic E-state index is 11.2. The van der Waals surface area contributed by atoms with Gasteiger partial charge in [0.1, 0.15) is 0 Å². The molecule has 1 rings (SSSR count). The third-order valence-electron chi connectivity index (χ3n) is 3.59. The van der Waals surface area contributed by atoms with Gasteiger partial charge in [-0.15, -0.1) is 0 Å². The van der Waals surface area contributed by atoms with E-state index in [2.05, 4.69) is 22.2 Å². The fourth-order valence-corrected chi connectivity index (χ4v) is 2.37. The molecule has 1 aliphatic heterocycles. The first-order chi connectivity index (χ1) is 8.63. The lowest BCUT2D eigenvalue weighted by atomic mass is 10.2. The number of nitrogens with two attached hydrogens (primary N) is 1. The molecule has 1 fully saturated rings. The van der Waals surface area contributed by atoms with Crippen molar-refractivity contribution in [3.63, 3.8) is 0 Å². The summed E-state index contributed by atoms with van der Waals surface area (Å²) in [6, 6.07) is -0.191. The van der Waals surface area contributed by atoms with Crippen molar-refractivity contribution in [2.75, 3.05) is 46.3 Å². The number of nitrogens with zero attached hydrogens (tertiary/aromatic N) is 2. The highest BCUT2D eigenvalue weighted by atomic mass is 16.1. The first kappa shape index (κ1) is 15.4. The van der Waals surface area contributed by atoms with Gasteiger partial charge in [-0.2, -0.15) is 0 Å². The molecule has 5 nitrogen and oxygen atoms in total. The van der Waals surface area contributed by atoms with Crippen LogP contribution in [0.1, 0.15) is 26.2 Å². The average molecular weight is 256 g/mol. The number of carbonyl (C=O) groups is 1. The Morgan fingerprint density at radius 1 is 1.39 bits per heavy atom. The molecular weight excluding hydrogens is 228 g/mol. The third kappa shape index (κ3) is 5.80. The molecule has 1 unspecified atom stereocenters. The van der Waals surface area contributed by atoms with Gasteiger partial charge >= 0.3 is 0 Å². The van der Waals surface area contributed by atoms with E-state index in [4.69, 9.17) is 5.73 Å². The number of hydrogen-bond acceptors (Lipinski definition) is 4. The summed E-state index contributed by atoms with van der Waals surface area (Å²) in [5, 5.41) is 3.12. The van der Waals surface area contributed by atoms with E-state index in [0.29, 0.717) is 0 Å². The Morgan fingerprint density at radius 3 is 2.61 bits per heavy atom. The second-order valence-corrected chi connectivity index (χ2v) is 5.15. The molecule has 0 aromatic heterocycles. The molecule has 3 N–H and O–H groups in total. The van der Waals surface area contributed by atoms with Crippen LogP contribution < -0.4 is 11.1 Å². The molecule has 0 aromatic rings. The largest absolute Gasteiger partial charge is 0.368 e. The maximum atomic E-state index is 11.2. The highest BCUT2D eigenvalue weighted by molar-refractivity contribution is 5.79. The van der Waals surface area contributed by atoms with Crippen molar-refractivity contribution in [3.05, 3.63) is 0 Å². The molecule has 0 radical (unpaired) electrons. The molecule has 0 aromatic carbocycles. The van der Waals surface area contributed by atoms with Gasteiger partial charge in [0.05, 0.1) is 6.04 Å². The van der Waals surface area contributed by atoms with Gasteiger partial charge in [0.25, 0.3) is 0 Å². The molecular formula is C13H28N4O. The Hall–Kier alpha value is -0.650. The van der Waals surface area contributed by atoms with Crippen molar-refractivity contribution < 1.29 is 4.79 Å². The lowest BCUT2D eigenvalue weighted by molar-refractivity contribution is -0.120. The molecule has 1 heterocycles. The number of carbonyl (C=O) groups excluding carboxylic acids is 1. The number of rotatable bonds is 9. The van der Waals surface area contributed by atoms with E-state index in [1.807, 2.05) is 6.92 Å².